The van der Waals surface area contributed by atoms with Gasteiger partial charge in [-0.3, -0.25) is 0 Å². The number of nitrogens with zero attached hydrogens (tertiary/aromatic N) is 4. The molecule has 2 aromatic heterocycles. The van der Waals surface area contributed by atoms with Crippen LogP contribution in [0.15, 0.2) is 64.8 Å². The molecule has 6 heteroatoms. The molecular weight excluding hydrogens is 529 g/mol. The van der Waals surface area contributed by atoms with Crippen molar-refractivity contribution in [2.45, 2.75) is 91.4 Å². The Kier molecular flexibility index (Phi) is 8.21. The summed E-state index contributed by atoms with van der Waals surface area (Å²) in [7, 11) is 0. The summed E-state index contributed by atoms with van der Waals surface area (Å²) in [4.78, 5) is 10.0. The van der Waals surface area contributed by atoms with E-state index >= 15 is 0 Å². The summed E-state index contributed by atoms with van der Waals surface area (Å²) < 4.78 is 2.37. The van der Waals surface area contributed by atoms with Gasteiger partial charge in [0.2, 0.25) is 0 Å². The average Bonchev–Trinajstić information content (AvgIpc) is 3.55. The first kappa shape index (κ1) is 28.6. The van der Waals surface area contributed by atoms with Crippen LogP contribution in [0.1, 0.15) is 89.8 Å². The molecular formula is C34H40N4S2. The molecule has 1 unspecified atom stereocenters. The molecule has 0 saturated carbocycles. The molecule has 3 aromatic carbocycles. The zero-order valence-corrected chi connectivity index (χ0v) is 26.5. The molecule has 0 fully saturated rings. The van der Waals surface area contributed by atoms with Crippen LogP contribution in [0.3, 0.4) is 0 Å². The van der Waals surface area contributed by atoms with E-state index in [-0.39, 0.29) is 10.8 Å². The number of unbranched alkanes of at least 4 members (excludes halogenated alkanes) is 2. The number of azo groups is 1. The van der Waals surface area contributed by atoms with Gasteiger partial charge < -0.3 is 0 Å². The minimum absolute atomic E-state index is 0.0957. The minimum atomic E-state index is 0.0957. The van der Waals surface area contributed by atoms with E-state index in [2.05, 4.69) is 95.1 Å². The number of thiazole rings is 2. The predicted octanol–water partition coefficient (Wildman–Crippen LogP) is 11.8. The van der Waals surface area contributed by atoms with Crippen molar-refractivity contribution in [3.63, 3.8) is 0 Å². The number of aryl methyl sites for hydroxylation is 1. The fraction of sp³-hybridized carbons (Fsp3) is 0.412. The molecule has 40 heavy (non-hydrogen) atoms. The normalized spacial score (nSPS) is 14.0. The Morgan fingerprint density at radius 3 is 2.02 bits per heavy atom. The van der Waals surface area contributed by atoms with E-state index in [0.29, 0.717) is 0 Å². The second-order valence-electron chi connectivity index (χ2n) is 12.3. The van der Waals surface area contributed by atoms with E-state index in [0.717, 1.165) is 38.5 Å². The van der Waals surface area contributed by atoms with Gasteiger partial charge in [0, 0.05) is 11.0 Å². The summed E-state index contributed by atoms with van der Waals surface area (Å²) in [5.74, 6) is 0. The largest absolute Gasteiger partial charge is 0.241 e. The number of benzene rings is 3. The van der Waals surface area contributed by atoms with Gasteiger partial charge in [-0.25, -0.2) is 9.97 Å². The molecule has 4 nitrogen and oxygen atoms in total. The van der Waals surface area contributed by atoms with Crippen molar-refractivity contribution < 1.29 is 0 Å². The number of hydrogen-bond donors (Lipinski definition) is 0. The van der Waals surface area contributed by atoms with Gasteiger partial charge in [-0.2, -0.15) is 10.2 Å². The number of aromatic nitrogens is 2. The lowest BCUT2D eigenvalue weighted by molar-refractivity contribution is 0.397. The van der Waals surface area contributed by atoms with Crippen LogP contribution in [-0.4, -0.2) is 9.97 Å². The fourth-order valence-corrected chi connectivity index (χ4v) is 7.12. The number of fused-ring (bicyclic) bond motifs is 2. The SMILES string of the molecule is CCCCCC(C)(CC)c1nc2cc(N=Nc3ccc4sc(-c5cc(C)cc(C(C)(C)C)c5)nc4c3)ccc2s1. The molecule has 2 heterocycles. The Bertz CT molecular complexity index is 1670. The van der Waals surface area contributed by atoms with Crippen LogP contribution < -0.4 is 0 Å². The van der Waals surface area contributed by atoms with Crippen LogP contribution in [0, 0.1) is 6.92 Å². The van der Waals surface area contributed by atoms with E-state index < -0.39 is 0 Å². The zero-order valence-electron chi connectivity index (χ0n) is 24.8. The third-order valence-corrected chi connectivity index (χ3v) is 10.3. The summed E-state index contributed by atoms with van der Waals surface area (Å²) in [6.07, 6.45) is 6.07. The van der Waals surface area contributed by atoms with Gasteiger partial charge in [0.1, 0.15) is 5.01 Å². The Morgan fingerprint density at radius 1 is 0.750 bits per heavy atom. The lowest BCUT2D eigenvalue weighted by Crippen LogP contribution is -2.20. The van der Waals surface area contributed by atoms with Crippen LogP contribution >= 0.6 is 22.7 Å². The zero-order chi connectivity index (χ0) is 28.5. The molecule has 0 spiro atoms. The molecule has 0 aliphatic rings. The van der Waals surface area contributed by atoms with Gasteiger partial charge in [-0.05, 0) is 79.3 Å². The maximum absolute atomic E-state index is 5.06. The quantitative estimate of drug-likeness (QED) is 0.131. The summed E-state index contributed by atoms with van der Waals surface area (Å²) >= 11 is 3.55. The van der Waals surface area contributed by atoms with Gasteiger partial charge in [0.15, 0.2) is 0 Å². The first-order chi connectivity index (χ1) is 19.1. The highest BCUT2D eigenvalue weighted by molar-refractivity contribution is 7.21. The lowest BCUT2D eigenvalue weighted by Gasteiger charge is -2.25. The fourth-order valence-electron chi connectivity index (χ4n) is 4.99. The van der Waals surface area contributed by atoms with Gasteiger partial charge >= 0.3 is 0 Å². The summed E-state index contributed by atoms with van der Waals surface area (Å²) in [6, 6.07) is 19.2. The standard InChI is InChI=1S/C34H40N4S2/c1-8-10-11-16-34(7,9-2)32-36-28-21-26(13-15-30(28)40-32)38-37-25-12-14-29-27(20-25)35-31(39-29)23-17-22(3)18-24(19-23)33(4,5)6/h12-15,17-21H,8-11,16H2,1-7H3. The molecule has 5 aromatic rings. The number of hydrogen-bond acceptors (Lipinski definition) is 6. The third-order valence-electron chi connectivity index (χ3n) is 7.84. The van der Waals surface area contributed by atoms with E-state index in [1.807, 2.05) is 29.5 Å². The monoisotopic (exact) mass is 568 g/mol. The molecule has 0 bridgehead atoms. The van der Waals surface area contributed by atoms with Gasteiger partial charge in [-0.15, -0.1) is 22.7 Å². The molecule has 0 radical (unpaired) electrons. The highest BCUT2D eigenvalue weighted by atomic mass is 32.1. The van der Waals surface area contributed by atoms with Crippen molar-refractivity contribution in [3.8, 4) is 10.6 Å². The molecule has 0 amide bonds. The summed E-state index contributed by atoms with van der Waals surface area (Å²) in [6.45, 7) is 15.8. The molecule has 0 N–H and O–H groups in total. The Hall–Kier alpha value is -2.96. The smallest absolute Gasteiger partial charge is 0.124 e. The topological polar surface area (TPSA) is 50.5 Å². The Labute approximate surface area is 246 Å². The first-order valence-electron chi connectivity index (χ1n) is 14.4. The minimum Gasteiger partial charge on any atom is -0.241 e. The Balaban J connectivity index is 1.38. The average molecular weight is 569 g/mol. The summed E-state index contributed by atoms with van der Waals surface area (Å²) in [5.41, 5.74) is 7.59. The maximum atomic E-state index is 5.06. The highest BCUT2D eigenvalue weighted by Crippen LogP contribution is 2.39. The molecule has 208 valence electrons. The lowest BCUT2D eigenvalue weighted by atomic mass is 9.83. The van der Waals surface area contributed by atoms with Crippen LogP contribution in [0.5, 0.6) is 0 Å². The van der Waals surface area contributed by atoms with E-state index in [1.54, 1.807) is 11.3 Å². The third kappa shape index (κ3) is 6.18. The second kappa shape index (κ2) is 11.5. The van der Waals surface area contributed by atoms with Crippen molar-refractivity contribution in [2.24, 2.45) is 10.2 Å². The van der Waals surface area contributed by atoms with Crippen molar-refractivity contribution >= 4 is 54.5 Å². The van der Waals surface area contributed by atoms with Crippen molar-refractivity contribution in [1.29, 1.82) is 0 Å². The van der Waals surface area contributed by atoms with Crippen LogP contribution in [0.25, 0.3) is 31.0 Å². The molecule has 0 saturated heterocycles. The van der Waals surface area contributed by atoms with Gasteiger partial charge in [0.05, 0.1) is 36.8 Å². The van der Waals surface area contributed by atoms with Crippen LogP contribution in [-0.2, 0) is 10.8 Å². The number of rotatable bonds is 9. The first-order valence-corrected chi connectivity index (χ1v) is 16.1. The highest BCUT2D eigenvalue weighted by Gasteiger charge is 2.28. The maximum Gasteiger partial charge on any atom is 0.124 e. The van der Waals surface area contributed by atoms with Crippen molar-refractivity contribution in [1.82, 2.24) is 9.97 Å². The van der Waals surface area contributed by atoms with Crippen LogP contribution in [0.2, 0.25) is 0 Å². The second-order valence-corrected chi connectivity index (χ2v) is 14.3. The molecule has 0 aliphatic heterocycles. The van der Waals surface area contributed by atoms with Gasteiger partial charge in [0.25, 0.3) is 0 Å². The van der Waals surface area contributed by atoms with E-state index in [9.17, 15) is 0 Å². The van der Waals surface area contributed by atoms with E-state index in [4.69, 9.17) is 9.97 Å². The van der Waals surface area contributed by atoms with Gasteiger partial charge in [-0.1, -0.05) is 72.4 Å². The molecule has 0 aliphatic carbocycles. The summed E-state index contributed by atoms with van der Waals surface area (Å²) in [5, 5.41) is 11.4. The van der Waals surface area contributed by atoms with Crippen molar-refractivity contribution in [2.75, 3.05) is 0 Å². The predicted molar refractivity (Wildman–Crippen MR) is 174 cm³/mol. The molecule has 1 atom stereocenters. The van der Waals surface area contributed by atoms with Crippen molar-refractivity contribution in [3.05, 3.63) is 70.7 Å². The van der Waals surface area contributed by atoms with Crippen LogP contribution in [0.4, 0.5) is 11.4 Å². The molecule has 5 rings (SSSR count). The Morgan fingerprint density at radius 2 is 1.40 bits per heavy atom. The van der Waals surface area contributed by atoms with E-state index in [1.165, 1.54) is 52.1 Å².